The Morgan fingerprint density at radius 2 is 2.05 bits per heavy atom. The summed E-state index contributed by atoms with van der Waals surface area (Å²) in [6.45, 7) is 4.45. The van der Waals surface area contributed by atoms with Crippen LogP contribution in [-0.4, -0.2) is 27.7 Å². The Hall–Kier alpha value is -1.61. The summed E-state index contributed by atoms with van der Waals surface area (Å²) < 4.78 is 0. The van der Waals surface area contributed by atoms with E-state index in [2.05, 4.69) is 4.98 Å². The third kappa shape index (κ3) is 3.04. The van der Waals surface area contributed by atoms with Crippen LogP contribution in [0.15, 0.2) is 36.5 Å². The van der Waals surface area contributed by atoms with E-state index in [0.29, 0.717) is 6.54 Å². The van der Waals surface area contributed by atoms with E-state index in [4.69, 9.17) is 11.6 Å². The number of nitrogens with zero attached hydrogens (tertiary/aromatic N) is 2. The predicted octanol–water partition coefficient (Wildman–Crippen LogP) is 3.21. The van der Waals surface area contributed by atoms with Gasteiger partial charge < -0.3 is 4.90 Å². The zero-order chi connectivity index (χ0) is 13.8. The molecule has 1 amide bonds. The number of hydrogen-bond acceptors (Lipinski definition) is 2. The van der Waals surface area contributed by atoms with Crippen LogP contribution in [0.3, 0.4) is 0 Å². The van der Waals surface area contributed by atoms with Gasteiger partial charge in [0, 0.05) is 17.6 Å². The summed E-state index contributed by atoms with van der Waals surface area (Å²) in [5.41, 5.74) is 0.908. The average Bonchev–Trinajstić information content (AvgIpc) is 2.43. The minimum atomic E-state index is -0.0635. The molecule has 0 saturated carbocycles. The van der Waals surface area contributed by atoms with Crippen molar-refractivity contribution in [3.63, 3.8) is 0 Å². The molecule has 0 aliphatic heterocycles. The van der Waals surface area contributed by atoms with Crippen LogP contribution in [0.5, 0.6) is 0 Å². The molecule has 3 nitrogen and oxygen atoms in total. The van der Waals surface area contributed by atoms with Gasteiger partial charge in [-0.3, -0.25) is 9.78 Å². The topological polar surface area (TPSA) is 33.2 Å². The highest BCUT2D eigenvalue weighted by Crippen LogP contribution is 2.18. The molecule has 0 fully saturated rings. The van der Waals surface area contributed by atoms with Gasteiger partial charge in [0.05, 0.1) is 12.2 Å². The van der Waals surface area contributed by atoms with E-state index in [9.17, 15) is 4.79 Å². The molecule has 0 atom stereocenters. The molecule has 4 heteroatoms. The Balaban J connectivity index is 2.36. The molecule has 0 spiro atoms. The number of halogens is 1. The molecule has 0 saturated heterocycles. The summed E-state index contributed by atoms with van der Waals surface area (Å²) in [5, 5.41) is 2.22. The lowest BCUT2D eigenvalue weighted by Crippen LogP contribution is -2.37. The van der Waals surface area contributed by atoms with Crippen LogP contribution in [0.2, 0.25) is 0 Å². The standard InChI is InChI=1S/C15H17ClN2O/c1-11(2)18(15(19)9-16)10-14-13-6-4-3-5-12(13)7-8-17-14/h3-8,11H,9-10H2,1-2H3. The largest absolute Gasteiger partial charge is 0.333 e. The normalized spacial score (nSPS) is 10.9. The van der Waals surface area contributed by atoms with Gasteiger partial charge >= 0.3 is 0 Å². The van der Waals surface area contributed by atoms with Crippen LogP contribution in [0.1, 0.15) is 19.5 Å². The van der Waals surface area contributed by atoms with Crippen molar-refractivity contribution in [2.75, 3.05) is 5.88 Å². The van der Waals surface area contributed by atoms with E-state index in [0.717, 1.165) is 16.5 Å². The van der Waals surface area contributed by atoms with E-state index in [1.807, 2.05) is 44.2 Å². The molecule has 19 heavy (non-hydrogen) atoms. The fourth-order valence-corrected chi connectivity index (χ4v) is 2.26. The summed E-state index contributed by atoms with van der Waals surface area (Å²) in [4.78, 5) is 18.0. The van der Waals surface area contributed by atoms with Crippen molar-refractivity contribution in [2.45, 2.75) is 26.4 Å². The van der Waals surface area contributed by atoms with Crippen LogP contribution in [0, 0.1) is 0 Å². The van der Waals surface area contributed by atoms with Gasteiger partial charge in [0.15, 0.2) is 0 Å². The highest BCUT2D eigenvalue weighted by Gasteiger charge is 2.17. The van der Waals surface area contributed by atoms with Gasteiger partial charge in [0.1, 0.15) is 5.88 Å². The number of rotatable bonds is 4. The molecule has 100 valence electrons. The molecule has 0 aliphatic rings. The van der Waals surface area contributed by atoms with Crippen LogP contribution < -0.4 is 0 Å². The summed E-state index contributed by atoms with van der Waals surface area (Å²) in [5.74, 6) is -0.0606. The summed E-state index contributed by atoms with van der Waals surface area (Å²) in [6.07, 6.45) is 1.78. The Labute approximate surface area is 118 Å². The highest BCUT2D eigenvalue weighted by molar-refractivity contribution is 6.27. The number of carbonyl (C=O) groups excluding carboxylic acids is 1. The number of alkyl halides is 1. The van der Waals surface area contributed by atoms with Crippen LogP contribution >= 0.6 is 11.6 Å². The first kappa shape index (κ1) is 13.8. The molecular weight excluding hydrogens is 260 g/mol. The number of carbonyl (C=O) groups is 1. The molecule has 0 unspecified atom stereocenters. The zero-order valence-corrected chi connectivity index (χ0v) is 11.9. The fraction of sp³-hybridized carbons (Fsp3) is 0.333. The molecule has 2 rings (SSSR count). The maximum absolute atomic E-state index is 11.9. The van der Waals surface area contributed by atoms with Gasteiger partial charge in [-0.2, -0.15) is 0 Å². The number of aromatic nitrogens is 1. The Morgan fingerprint density at radius 3 is 2.74 bits per heavy atom. The zero-order valence-electron chi connectivity index (χ0n) is 11.1. The van der Waals surface area contributed by atoms with E-state index in [1.165, 1.54) is 0 Å². The molecule has 0 N–H and O–H groups in total. The third-order valence-electron chi connectivity index (χ3n) is 3.13. The van der Waals surface area contributed by atoms with Crippen molar-refractivity contribution in [1.29, 1.82) is 0 Å². The molecule has 0 aliphatic carbocycles. The molecular formula is C15H17ClN2O. The van der Waals surface area contributed by atoms with Gasteiger partial charge in [0.25, 0.3) is 0 Å². The first-order valence-corrected chi connectivity index (χ1v) is 6.85. The smallest absolute Gasteiger partial charge is 0.238 e. The molecule has 1 aromatic carbocycles. The van der Waals surface area contributed by atoms with Gasteiger partial charge in [-0.15, -0.1) is 11.6 Å². The molecule has 1 aromatic heterocycles. The maximum atomic E-state index is 11.9. The second kappa shape index (κ2) is 6.02. The van der Waals surface area contributed by atoms with Crippen LogP contribution in [0.25, 0.3) is 10.8 Å². The van der Waals surface area contributed by atoms with Gasteiger partial charge in [-0.25, -0.2) is 0 Å². The lowest BCUT2D eigenvalue weighted by molar-refractivity contribution is -0.130. The maximum Gasteiger partial charge on any atom is 0.238 e. The lowest BCUT2D eigenvalue weighted by Gasteiger charge is -2.26. The molecule has 1 heterocycles. The van der Waals surface area contributed by atoms with Crippen molar-refractivity contribution in [2.24, 2.45) is 0 Å². The highest BCUT2D eigenvalue weighted by atomic mass is 35.5. The monoisotopic (exact) mass is 276 g/mol. The second-order valence-corrected chi connectivity index (χ2v) is 5.00. The van der Waals surface area contributed by atoms with Gasteiger partial charge in [-0.1, -0.05) is 24.3 Å². The fourth-order valence-electron chi connectivity index (χ4n) is 2.11. The van der Waals surface area contributed by atoms with E-state index in [-0.39, 0.29) is 17.8 Å². The quantitative estimate of drug-likeness (QED) is 0.804. The predicted molar refractivity (Wildman–Crippen MR) is 78.1 cm³/mol. The Kier molecular flexibility index (Phi) is 4.38. The summed E-state index contributed by atoms with van der Waals surface area (Å²) >= 11 is 5.66. The Morgan fingerprint density at radius 1 is 1.32 bits per heavy atom. The first-order chi connectivity index (χ1) is 9.13. The van der Waals surface area contributed by atoms with Crippen molar-refractivity contribution < 1.29 is 4.79 Å². The summed E-state index contributed by atoms with van der Waals surface area (Å²) in [7, 11) is 0. The summed E-state index contributed by atoms with van der Waals surface area (Å²) in [6, 6.07) is 10.1. The number of fused-ring (bicyclic) bond motifs is 1. The third-order valence-corrected chi connectivity index (χ3v) is 3.36. The van der Waals surface area contributed by atoms with E-state index < -0.39 is 0 Å². The van der Waals surface area contributed by atoms with Crippen LogP contribution in [0.4, 0.5) is 0 Å². The second-order valence-electron chi connectivity index (χ2n) is 4.73. The Bertz CT molecular complexity index is 578. The van der Waals surface area contributed by atoms with Crippen molar-refractivity contribution in [3.8, 4) is 0 Å². The van der Waals surface area contributed by atoms with Crippen molar-refractivity contribution in [1.82, 2.24) is 9.88 Å². The van der Waals surface area contributed by atoms with Crippen LogP contribution in [-0.2, 0) is 11.3 Å². The minimum Gasteiger partial charge on any atom is -0.333 e. The average molecular weight is 277 g/mol. The molecule has 2 aromatic rings. The van der Waals surface area contributed by atoms with Crippen molar-refractivity contribution in [3.05, 3.63) is 42.2 Å². The molecule has 0 bridgehead atoms. The molecule has 0 radical (unpaired) electrons. The van der Waals surface area contributed by atoms with E-state index >= 15 is 0 Å². The first-order valence-electron chi connectivity index (χ1n) is 6.31. The van der Waals surface area contributed by atoms with Gasteiger partial charge in [-0.05, 0) is 25.3 Å². The number of hydrogen-bond donors (Lipinski definition) is 0. The number of pyridine rings is 1. The number of amides is 1. The lowest BCUT2D eigenvalue weighted by atomic mass is 10.1. The SMILES string of the molecule is CC(C)N(Cc1nccc2ccccc12)C(=O)CCl. The van der Waals surface area contributed by atoms with Gasteiger partial charge in [0.2, 0.25) is 5.91 Å². The minimum absolute atomic E-state index is 0.00292. The van der Waals surface area contributed by atoms with E-state index in [1.54, 1.807) is 11.1 Å². The van der Waals surface area contributed by atoms with Crippen molar-refractivity contribution >= 4 is 28.3 Å². The number of benzene rings is 1.